The van der Waals surface area contributed by atoms with Gasteiger partial charge in [0.15, 0.2) is 0 Å². The molecule has 3 aromatic rings. The number of carbonyl (C=O) groups excluding carboxylic acids is 1. The highest BCUT2D eigenvalue weighted by molar-refractivity contribution is 9.10. The average Bonchev–Trinajstić information content (AvgIpc) is 3.22. The SMILES string of the molecule is O=C(c1ccc(Br)cc1)N1N=C2/C(=C/c3ccc(Cl)cc3)CCC[C@H]2[C@H]1c1ccc(Cl)cc1. The fraction of sp³-hybridized carbons (Fsp3) is 0.185. The van der Waals surface area contributed by atoms with Gasteiger partial charge in [0.1, 0.15) is 0 Å². The van der Waals surface area contributed by atoms with Crippen molar-refractivity contribution in [1.29, 1.82) is 0 Å². The van der Waals surface area contributed by atoms with E-state index in [0.717, 1.165) is 40.6 Å². The fourth-order valence-corrected chi connectivity index (χ4v) is 5.16. The maximum absolute atomic E-state index is 13.6. The highest BCUT2D eigenvalue weighted by atomic mass is 79.9. The highest BCUT2D eigenvalue weighted by Crippen LogP contribution is 2.45. The van der Waals surface area contributed by atoms with Crippen LogP contribution in [0.1, 0.15) is 46.8 Å². The zero-order valence-corrected chi connectivity index (χ0v) is 20.8. The first-order valence-corrected chi connectivity index (χ1v) is 12.4. The van der Waals surface area contributed by atoms with E-state index in [-0.39, 0.29) is 17.9 Å². The van der Waals surface area contributed by atoms with E-state index in [1.54, 1.807) is 5.01 Å². The summed E-state index contributed by atoms with van der Waals surface area (Å²) in [4.78, 5) is 13.6. The number of hydrazone groups is 1. The number of hydrogen-bond donors (Lipinski definition) is 0. The second-order valence-corrected chi connectivity index (χ2v) is 10.1. The Kier molecular flexibility index (Phi) is 6.42. The Bertz CT molecular complexity index is 1230. The summed E-state index contributed by atoms with van der Waals surface area (Å²) in [6.07, 6.45) is 5.14. The molecule has 1 aliphatic carbocycles. The lowest BCUT2D eigenvalue weighted by Gasteiger charge is -2.29. The molecule has 5 rings (SSSR count). The quantitative estimate of drug-likeness (QED) is 0.330. The Morgan fingerprint density at radius 2 is 1.58 bits per heavy atom. The van der Waals surface area contributed by atoms with Crippen LogP contribution >= 0.6 is 39.1 Å². The molecule has 0 N–H and O–H groups in total. The van der Waals surface area contributed by atoms with E-state index in [2.05, 4.69) is 22.0 Å². The van der Waals surface area contributed by atoms with Gasteiger partial charge in [0.05, 0.1) is 11.8 Å². The second-order valence-electron chi connectivity index (χ2n) is 8.36. The molecule has 0 saturated heterocycles. The summed E-state index contributed by atoms with van der Waals surface area (Å²) < 4.78 is 0.933. The van der Waals surface area contributed by atoms with E-state index in [1.807, 2.05) is 72.8 Å². The van der Waals surface area contributed by atoms with Gasteiger partial charge >= 0.3 is 0 Å². The Balaban J connectivity index is 1.57. The molecule has 1 amide bonds. The standard InChI is InChI=1S/C27H21BrCl2N2O/c28-21-10-6-19(7-11-21)27(33)32-26(18-8-14-23(30)15-9-18)24-3-1-2-20(25(24)31-32)16-17-4-12-22(29)13-5-17/h4-16,24,26H,1-3H2/b20-16+/t24-,26-/m1/s1. The largest absolute Gasteiger partial charge is 0.274 e. The minimum atomic E-state index is -0.165. The van der Waals surface area contributed by atoms with Crippen molar-refractivity contribution in [3.05, 3.63) is 110 Å². The van der Waals surface area contributed by atoms with Gasteiger partial charge in [-0.25, -0.2) is 5.01 Å². The molecule has 6 heteroatoms. The van der Waals surface area contributed by atoms with Crippen LogP contribution < -0.4 is 0 Å². The molecule has 3 nitrogen and oxygen atoms in total. The molecular weight excluding hydrogens is 519 g/mol. The molecule has 3 aromatic carbocycles. The van der Waals surface area contributed by atoms with Crippen molar-refractivity contribution in [2.75, 3.05) is 0 Å². The number of amides is 1. The normalized spacial score (nSPS) is 21.1. The van der Waals surface area contributed by atoms with Gasteiger partial charge in [0, 0.05) is 26.0 Å². The van der Waals surface area contributed by atoms with Crippen LogP contribution in [0, 0.1) is 5.92 Å². The van der Waals surface area contributed by atoms with Gasteiger partial charge in [-0.1, -0.05) is 63.4 Å². The summed E-state index contributed by atoms with van der Waals surface area (Å²) in [5, 5.41) is 8.01. The van der Waals surface area contributed by atoms with E-state index in [4.69, 9.17) is 28.3 Å². The molecule has 2 aliphatic rings. The summed E-state index contributed by atoms with van der Waals surface area (Å²) in [5.41, 5.74) is 4.92. The molecule has 166 valence electrons. The predicted molar refractivity (Wildman–Crippen MR) is 139 cm³/mol. The molecule has 0 spiro atoms. The molecule has 33 heavy (non-hydrogen) atoms. The Morgan fingerprint density at radius 3 is 2.24 bits per heavy atom. The van der Waals surface area contributed by atoms with Crippen molar-refractivity contribution in [2.45, 2.75) is 25.3 Å². The van der Waals surface area contributed by atoms with Crippen LogP contribution in [-0.4, -0.2) is 16.6 Å². The molecule has 1 fully saturated rings. The van der Waals surface area contributed by atoms with Crippen molar-refractivity contribution < 1.29 is 4.79 Å². The topological polar surface area (TPSA) is 32.7 Å². The number of rotatable bonds is 3. The predicted octanol–water partition coefficient (Wildman–Crippen LogP) is 8.19. The number of allylic oxidation sites excluding steroid dienone is 1. The van der Waals surface area contributed by atoms with Crippen molar-refractivity contribution in [3.8, 4) is 0 Å². The molecular formula is C27H21BrCl2N2O. The van der Waals surface area contributed by atoms with Crippen molar-refractivity contribution >= 4 is 56.8 Å². The third-order valence-corrected chi connectivity index (χ3v) is 7.26. The summed E-state index contributed by atoms with van der Waals surface area (Å²) >= 11 is 15.7. The minimum absolute atomic E-state index is 0.102. The maximum Gasteiger partial charge on any atom is 0.274 e. The molecule has 0 radical (unpaired) electrons. The third kappa shape index (κ3) is 4.65. The third-order valence-electron chi connectivity index (χ3n) is 6.22. The van der Waals surface area contributed by atoms with Crippen LogP contribution in [0.3, 0.4) is 0 Å². The van der Waals surface area contributed by atoms with E-state index in [1.165, 1.54) is 5.57 Å². The van der Waals surface area contributed by atoms with E-state index < -0.39 is 0 Å². The molecule has 0 bridgehead atoms. The highest BCUT2D eigenvalue weighted by Gasteiger charge is 2.43. The monoisotopic (exact) mass is 538 g/mol. The number of carbonyl (C=O) groups is 1. The fourth-order valence-electron chi connectivity index (χ4n) is 4.65. The zero-order chi connectivity index (χ0) is 22.9. The lowest BCUT2D eigenvalue weighted by Crippen LogP contribution is -2.31. The zero-order valence-electron chi connectivity index (χ0n) is 17.7. The van der Waals surface area contributed by atoms with Crippen LogP contribution in [0.5, 0.6) is 0 Å². The van der Waals surface area contributed by atoms with Crippen LogP contribution in [0.4, 0.5) is 0 Å². The van der Waals surface area contributed by atoms with Gasteiger partial charge < -0.3 is 0 Å². The number of fused-ring (bicyclic) bond motifs is 1. The smallest absolute Gasteiger partial charge is 0.267 e. The first kappa shape index (κ1) is 22.4. The summed E-state index contributed by atoms with van der Waals surface area (Å²) in [6.45, 7) is 0. The Hall–Kier alpha value is -2.40. The number of nitrogens with zero attached hydrogens (tertiary/aromatic N) is 2. The number of hydrogen-bond acceptors (Lipinski definition) is 2. The molecule has 2 atom stereocenters. The average molecular weight is 540 g/mol. The Labute approximate surface area is 211 Å². The van der Waals surface area contributed by atoms with Gasteiger partial charge in [0.2, 0.25) is 0 Å². The summed E-state index contributed by atoms with van der Waals surface area (Å²) in [5.74, 6) is 0.0352. The van der Waals surface area contributed by atoms with Gasteiger partial charge in [-0.3, -0.25) is 4.79 Å². The van der Waals surface area contributed by atoms with E-state index in [9.17, 15) is 4.79 Å². The lowest BCUT2D eigenvalue weighted by atomic mass is 9.77. The first-order valence-electron chi connectivity index (χ1n) is 10.9. The number of halogens is 3. The van der Waals surface area contributed by atoms with E-state index >= 15 is 0 Å². The maximum atomic E-state index is 13.6. The summed E-state index contributed by atoms with van der Waals surface area (Å²) in [7, 11) is 0. The molecule has 1 aliphatic heterocycles. The van der Waals surface area contributed by atoms with E-state index in [0.29, 0.717) is 15.6 Å². The second kappa shape index (κ2) is 9.46. The van der Waals surface area contributed by atoms with Crippen molar-refractivity contribution in [1.82, 2.24) is 5.01 Å². The molecule has 1 saturated carbocycles. The van der Waals surface area contributed by atoms with Crippen LogP contribution in [0.2, 0.25) is 10.0 Å². The molecule has 1 heterocycles. The Morgan fingerprint density at radius 1 is 0.939 bits per heavy atom. The van der Waals surface area contributed by atoms with Crippen LogP contribution in [0.15, 0.2) is 87.9 Å². The van der Waals surface area contributed by atoms with Crippen molar-refractivity contribution in [3.63, 3.8) is 0 Å². The van der Waals surface area contributed by atoms with Gasteiger partial charge in [-0.2, -0.15) is 5.10 Å². The van der Waals surface area contributed by atoms with Gasteiger partial charge in [-0.15, -0.1) is 0 Å². The minimum Gasteiger partial charge on any atom is -0.267 e. The lowest BCUT2D eigenvalue weighted by molar-refractivity contribution is 0.0681. The molecule has 0 aromatic heterocycles. The molecule has 0 unspecified atom stereocenters. The van der Waals surface area contributed by atoms with Gasteiger partial charge in [0.25, 0.3) is 5.91 Å². The summed E-state index contributed by atoms with van der Waals surface area (Å²) in [6, 6.07) is 22.8. The van der Waals surface area contributed by atoms with Crippen LogP contribution in [-0.2, 0) is 0 Å². The van der Waals surface area contributed by atoms with Crippen LogP contribution in [0.25, 0.3) is 6.08 Å². The van der Waals surface area contributed by atoms with Gasteiger partial charge in [-0.05, 0) is 90.6 Å². The van der Waals surface area contributed by atoms with Crippen molar-refractivity contribution in [2.24, 2.45) is 11.0 Å². The first-order chi connectivity index (χ1) is 16.0. The number of benzene rings is 3.